The molecule has 2 aliphatic rings. The molecule has 0 radical (unpaired) electrons. The predicted molar refractivity (Wildman–Crippen MR) is 79.5 cm³/mol. The van der Waals surface area contributed by atoms with E-state index in [0.29, 0.717) is 6.04 Å². The highest BCUT2D eigenvalue weighted by molar-refractivity contribution is 5.33. The first-order valence-electron chi connectivity index (χ1n) is 7.70. The second kappa shape index (κ2) is 5.26. The summed E-state index contributed by atoms with van der Waals surface area (Å²) in [6.07, 6.45) is 7.06. The maximum atomic E-state index is 5.85. The molecule has 0 amide bonds. The van der Waals surface area contributed by atoms with Gasteiger partial charge in [0.15, 0.2) is 0 Å². The number of nitrogens with two attached hydrogens (primary N) is 1. The van der Waals surface area contributed by atoms with Crippen LogP contribution in [0.1, 0.15) is 54.8 Å². The standard InChI is InChI=1S/C17H26N2/c1-11-3-4-12(2)16(7-11)17(19-18)10-15-9-13-5-6-14(15)8-13/h3-4,7,13-15,17,19H,5-6,8-10,18H2,1-2H3. The van der Waals surface area contributed by atoms with Crippen LogP contribution < -0.4 is 11.3 Å². The molecule has 0 saturated heterocycles. The zero-order valence-electron chi connectivity index (χ0n) is 12.2. The Morgan fingerprint density at radius 2 is 2.11 bits per heavy atom. The molecule has 2 saturated carbocycles. The normalized spacial score (nSPS) is 30.8. The van der Waals surface area contributed by atoms with Crippen LogP contribution in [0.4, 0.5) is 0 Å². The number of benzene rings is 1. The van der Waals surface area contributed by atoms with Crippen molar-refractivity contribution in [3.8, 4) is 0 Å². The first kappa shape index (κ1) is 13.1. The zero-order valence-corrected chi connectivity index (χ0v) is 12.2. The van der Waals surface area contributed by atoms with Crippen LogP contribution >= 0.6 is 0 Å². The molecule has 3 N–H and O–H groups in total. The molecule has 0 spiro atoms. The fourth-order valence-electron chi connectivity index (χ4n) is 4.39. The minimum Gasteiger partial charge on any atom is -0.271 e. The van der Waals surface area contributed by atoms with Crippen molar-refractivity contribution in [1.29, 1.82) is 0 Å². The highest BCUT2D eigenvalue weighted by Crippen LogP contribution is 2.51. The van der Waals surface area contributed by atoms with Gasteiger partial charge in [0.25, 0.3) is 0 Å². The van der Waals surface area contributed by atoms with Crippen molar-refractivity contribution in [2.45, 2.75) is 52.0 Å². The number of fused-ring (bicyclic) bond motifs is 2. The van der Waals surface area contributed by atoms with E-state index >= 15 is 0 Å². The Labute approximate surface area is 116 Å². The molecule has 1 aromatic carbocycles. The number of hydrogen-bond acceptors (Lipinski definition) is 2. The molecule has 104 valence electrons. The first-order valence-corrected chi connectivity index (χ1v) is 7.70. The van der Waals surface area contributed by atoms with E-state index in [4.69, 9.17) is 5.84 Å². The molecule has 4 unspecified atom stereocenters. The van der Waals surface area contributed by atoms with Gasteiger partial charge in [-0.05, 0) is 68.4 Å². The Morgan fingerprint density at radius 3 is 2.74 bits per heavy atom. The van der Waals surface area contributed by atoms with Crippen LogP contribution in [0.3, 0.4) is 0 Å². The molecule has 0 heterocycles. The summed E-state index contributed by atoms with van der Waals surface area (Å²) < 4.78 is 0. The van der Waals surface area contributed by atoms with E-state index in [2.05, 4.69) is 37.5 Å². The van der Waals surface area contributed by atoms with Gasteiger partial charge in [0.2, 0.25) is 0 Å². The van der Waals surface area contributed by atoms with Gasteiger partial charge < -0.3 is 0 Å². The molecule has 2 fully saturated rings. The molecule has 2 bridgehead atoms. The van der Waals surface area contributed by atoms with Crippen LogP contribution in [0.15, 0.2) is 18.2 Å². The fraction of sp³-hybridized carbons (Fsp3) is 0.647. The topological polar surface area (TPSA) is 38.0 Å². The zero-order chi connectivity index (χ0) is 13.4. The van der Waals surface area contributed by atoms with Gasteiger partial charge in [0.05, 0.1) is 0 Å². The van der Waals surface area contributed by atoms with Gasteiger partial charge in [-0.25, -0.2) is 0 Å². The summed E-state index contributed by atoms with van der Waals surface area (Å²) in [5.41, 5.74) is 7.15. The van der Waals surface area contributed by atoms with Crippen molar-refractivity contribution in [3.05, 3.63) is 34.9 Å². The van der Waals surface area contributed by atoms with E-state index in [9.17, 15) is 0 Å². The van der Waals surface area contributed by atoms with Crippen molar-refractivity contribution >= 4 is 0 Å². The molecular weight excluding hydrogens is 232 g/mol. The summed E-state index contributed by atoms with van der Waals surface area (Å²) in [7, 11) is 0. The third kappa shape index (κ3) is 2.56. The van der Waals surface area contributed by atoms with Gasteiger partial charge in [-0.2, -0.15) is 0 Å². The second-order valence-corrected chi connectivity index (χ2v) is 6.75. The Bertz CT molecular complexity index is 455. The Hall–Kier alpha value is -0.860. The van der Waals surface area contributed by atoms with Crippen LogP contribution in [-0.4, -0.2) is 0 Å². The first-order chi connectivity index (χ1) is 9.17. The molecule has 3 rings (SSSR count). The molecule has 19 heavy (non-hydrogen) atoms. The van der Waals surface area contributed by atoms with Crippen LogP contribution in [0.2, 0.25) is 0 Å². The highest BCUT2D eigenvalue weighted by atomic mass is 15.2. The van der Waals surface area contributed by atoms with Crippen molar-refractivity contribution in [2.75, 3.05) is 0 Å². The third-order valence-electron chi connectivity index (χ3n) is 5.43. The van der Waals surface area contributed by atoms with E-state index in [-0.39, 0.29) is 0 Å². The molecule has 1 aromatic rings. The van der Waals surface area contributed by atoms with Gasteiger partial charge in [0.1, 0.15) is 0 Å². The van der Waals surface area contributed by atoms with E-state index in [0.717, 1.165) is 17.8 Å². The summed E-state index contributed by atoms with van der Waals surface area (Å²) in [6.45, 7) is 4.36. The average Bonchev–Trinajstić information content (AvgIpc) is 3.01. The summed E-state index contributed by atoms with van der Waals surface area (Å²) >= 11 is 0. The summed E-state index contributed by atoms with van der Waals surface area (Å²) in [4.78, 5) is 0. The number of rotatable bonds is 4. The van der Waals surface area contributed by atoms with Gasteiger partial charge >= 0.3 is 0 Å². The lowest BCUT2D eigenvalue weighted by Gasteiger charge is -2.27. The van der Waals surface area contributed by atoms with E-state index in [1.807, 2.05) is 0 Å². The quantitative estimate of drug-likeness (QED) is 0.639. The summed E-state index contributed by atoms with van der Waals surface area (Å²) in [5, 5.41) is 0. The number of nitrogens with one attached hydrogen (secondary N) is 1. The van der Waals surface area contributed by atoms with E-state index < -0.39 is 0 Å². The van der Waals surface area contributed by atoms with Crippen molar-refractivity contribution in [1.82, 2.24) is 5.43 Å². The van der Waals surface area contributed by atoms with Gasteiger partial charge in [-0.3, -0.25) is 11.3 Å². The van der Waals surface area contributed by atoms with Crippen molar-refractivity contribution < 1.29 is 0 Å². The molecule has 2 heteroatoms. The van der Waals surface area contributed by atoms with Crippen LogP contribution in [0.5, 0.6) is 0 Å². The average molecular weight is 258 g/mol. The number of hydrogen-bond donors (Lipinski definition) is 2. The second-order valence-electron chi connectivity index (χ2n) is 6.75. The molecule has 0 aliphatic heterocycles. The van der Waals surface area contributed by atoms with Crippen molar-refractivity contribution in [2.24, 2.45) is 23.6 Å². The van der Waals surface area contributed by atoms with Crippen LogP contribution in [0, 0.1) is 31.6 Å². The fourth-order valence-corrected chi connectivity index (χ4v) is 4.39. The highest BCUT2D eigenvalue weighted by Gasteiger charge is 2.40. The van der Waals surface area contributed by atoms with Gasteiger partial charge in [0, 0.05) is 6.04 Å². The van der Waals surface area contributed by atoms with E-state index in [1.54, 1.807) is 0 Å². The Balaban J connectivity index is 1.75. The largest absolute Gasteiger partial charge is 0.271 e. The van der Waals surface area contributed by atoms with Gasteiger partial charge in [-0.1, -0.05) is 30.2 Å². The lowest BCUT2D eigenvalue weighted by molar-refractivity contribution is 0.280. The molecular formula is C17H26N2. The summed E-state index contributed by atoms with van der Waals surface area (Å²) in [5.74, 6) is 8.74. The monoisotopic (exact) mass is 258 g/mol. The van der Waals surface area contributed by atoms with Crippen molar-refractivity contribution in [3.63, 3.8) is 0 Å². The molecule has 0 aromatic heterocycles. The smallest absolute Gasteiger partial charge is 0.0465 e. The van der Waals surface area contributed by atoms with E-state index in [1.165, 1.54) is 48.8 Å². The Kier molecular flexibility index (Phi) is 3.64. The minimum atomic E-state index is 0.323. The maximum Gasteiger partial charge on any atom is 0.0465 e. The van der Waals surface area contributed by atoms with Crippen LogP contribution in [-0.2, 0) is 0 Å². The predicted octanol–water partition coefficient (Wildman–Crippen LogP) is 3.63. The Morgan fingerprint density at radius 1 is 1.26 bits per heavy atom. The SMILES string of the molecule is Cc1ccc(C)c(C(CC2CC3CCC2C3)NN)c1. The minimum absolute atomic E-state index is 0.323. The maximum absolute atomic E-state index is 5.85. The van der Waals surface area contributed by atoms with Crippen LogP contribution in [0.25, 0.3) is 0 Å². The molecule has 2 aliphatic carbocycles. The lowest BCUT2D eigenvalue weighted by Crippen LogP contribution is -2.31. The number of aryl methyl sites for hydroxylation is 2. The number of hydrazine groups is 1. The molecule has 4 atom stereocenters. The summed E-state index contributed by atoms with van der Waals surface area (Å²) in [6, 6.07) is 7.02. The van der Waals surface area contributed by atoms with Gasteiger partial charge in [-0.15, -0.1) is 0 Å². The molecule has 2 nitrogen and oxygen atoms in total. The lowest BCUT2D eigenvalue weighted by atomic mass is 9.82. The third-order valence-corrected chi connectivity index (χ3v) is 5.43.